The van der Waals surface area contributed by atoms with Crippen LogP contribution in [0.5, 0.6) is 11.5 Å². The molecule has 9 rings (SSSR count). The van der Waals surface area contributed by atoms with E-state index < -0.39 is 12.1 Å². The minimum absolute atomic E-state index is 0.115. The van der Waals surface area contributed by atoms with Crippen LogP contribution in [0.25, 0.3) is 21.5 Å². The van der Waals surface area contributed by atoms with E-state index in [-0.39, 0.29) is 11.8 Å². The number of carboxylic acids is 1. The lowest BCUT2D eigenvalue weighted by molar-refractivity contribution is -0.192. The van der Waals surface area contributed by atoms with Gasteiger partial charge in [-0.1, -0.05) is 79.2 Å². The highest BCUT2D eigenvalue weighted by Crippen LogP contribution is 2.26. The maximum Gasteiger partial charge on any atom is 0.490 e. The van der Waals surface area contributed by atoms with Crippen LogP contribution in [0.3, 0.4) is 0 Å². The van der Waals surface area contributed by atoms with E-state index in [0.717, 1.165) is 128 Å². The minimum atomic E-state index is -5.08. The standard InChI is InChI=1S/C29H35N3O2.C24H25ClN2O2.C2HF3O2/c33-29(28-11-6-9-24-8-2-3-10-27(24)28)32-21-19-31(20-22-32)25-12-14-26(15-13-25)34-23-7-18-30-16-4-1-5-17-30;25-13-4-18-29-21-11-9-20(10-12-21)26-14-16-27(17-15-26)24(28)23-8-3-6-19-5-1-2-7-22(19)23;3-2(4,5)1(6)7/h2-3,6,8-15H,1,4-5,7,16-23H2;1-3,5-12H,4,13-18H2;(H,6,7). The van der Waals surface area contributed by atoms with Crippen LogP contribution in [0, 0.1) is 0 Å². The third-order valence-corrected chi connectivity index (χ3v) is 13.0. The Morgan fingerprint density at radius 2 is 0.914 bits per heavy atom. The van der Waals surface area contributed by atoms with Gasteiger partial charge >= 0.3 is 12.1 Å². The van der Waals surface area contributed by atoms with Gasteiger partial charge in [-0.25, -0.2) is 4.79 Å². The van der Waals surface area contributed by atoms with Crippen LogP contribution < -0.4 is 19.3 Å². The Morgan fingerprint density at radius 3 is 1.33 bits per heavy atom. The molecule has 3 saturated heterocycles. The number of hydrogen-bond acceptors (Lipinski definition) is 8. The van der Waals surface area contributed by atoms with E-state index in [1.165, 1.54) is 38.0 Å². The molecule has 0 aromatic heterocycles. The van der Waals surface area contributed by atoms with E-state index in [2.05, 4.69) is 63.2 Å². The van der Waals surface area contributed by atoms with E-state index >= 15 is 0 Å². The number of nitrogens with zero attached hydrogens (tertiary/aromatic N) is 5. The fourth-order valence-electron chi connectivity index (χ4n) is 8.91. The van der Waals surface area contributed by atoms with Crippen molar-refractivity contribution in [2.75, 3.05) is 101 Å². The number of aliphatic carboxylic acids is 1. The number of carbonyl (C=O) groups is 3. The number of halogens is 4. The van der Waals surface area contributed by atoms with E-state index in [1.807, 2.05) is 94.7 Å². The highest BCUT2D eigenvalue weighted by molar-refractivity contribution is 6.17. The van der Waals surface area contributed by atoms with Crippen molar-refractivity contribution in [3.63, 3.8) is 0 Å². The molecule has 0 saturated carbocycles. The fraction of sp³-hybridized carbons (Fsp3) is 0.364. The van der Waals surface area contributed by atoms with Gasteiger partial charge in [0.05, 0.1) is 13.2 Å². The highest BCUT2D eigenvalue weighted by atomic mass is 35.5. The van der Waals surface area contributed by atoms with Crippen molar-refractivity contribution in [2.45, 2.75) is 38.3 Å². The molecule has 3 heterocycles. The van der Waals surface area contributed by atoms with Crippen molar-refractivity contribution in [1.29, 1.82) is 0 Å². The second-order valence-electron chi connectivity index (χ2n) is 17.4. The Balaban J connectivity index is 0.000000183. The number of alkyl halides is 4. The van der Waals surface area contributed by atoms with Gasteiger partial charge in [-0.2, -0.15) is 13.2 Å². The van der Waals surface area contributed by atoms with E-state index in [0.29, 0.717) is 12.5 Å². The molecule has 0 unspecified atom stereocenters. The number of ether oxygens (including phenoxy) is 2. The summed E-state index contributed by atoms with van der Waals surface area (Å²) in [7, 11) is 0. The van der Waals surface area contributed by atoms with Gasteiger partial charge in [0, 0.05) is 87.3 Å². The van der Waals surface area contributed by atoms with E-state index in [4.69, 9.17) is 31.0 Å². The van der Waals surface area contributed by atoms with Crippen molar-refractivity contribution in [3.8, 4) is 11.5 Å². The van der Waals surface area contributed by atoms with Crippen LogP contribution in [0.1, 0.15) is 52.8 Å². The summed E-state index contributed by atoms with van der Waals surface area (Å²) in [6.07, 6.45) is 0.904. The Morgan fingerprint density at radius 1 is 0.514 bits per heavy atom. The first kappa shape index (κ1) is 51.3. The van der Waals surface area contributed by atoms with Crippen LogP contribution in [-0.2, 0) is 4.79 Å². The molecule has 1 N–H and O–H groups in total. The van der Waals surface area contributed by atoms with Crippen LogP contribution in [-0.4, -0.2) is 135 Å². The van der Waals surface area contributed by atoms with Crippen molar-refractivity contribution in [2.24, 2.45) is 0 Å². The number of rotatable bonds is 13. The Labute approximate surface area is 412 Å². The molecule has 0 atom stereocenters. The first-order valence-corrected chi connectivity index (χ1v) is 24.6. The number of benzene rings is 6. The van der Waals surface area contributed by atoms with Crippen LogP contribution in [0.4, 0.5) is 24.5 Å². The maximum atomic E-state index is 13.2. The Hall–Kier alpha value is -6.51. The van der Waals surface area contributed by atoms with Gasteiger partial charge in [-0.15, -0.1) is 11.6 Å². The number of piperazine rings is 2. The Kier molecular flexibility index (Phi) is 18.6. The lowest BCUT2D eigenvalue weighted by Gasteiger charge is -2.36. The third kappa shape index (κ3) is 14.3. The molecule has 0 aliphatic carbocycles. The first-order valence-electron chi connectivity index (χ1n) is 24.1. The maximum absolute atomic E-state index is 13.2. The van der Waals surface area contributed by atoms with Crippen LogP contribution >= 0.6 is 11.6 Å². The summed E-state index contributed by atoms with van der Waals surface area (Å²) in [5.41, 5.74) is 3.94. The summed E-state index contributed by atoms with van der Waals surface area (Å²) in [5, 5.41) is 11.4. The summed E-state index contributed by atoms with van der Waals surface area (Å²) in [5.74, 6) is -0.0996. The molecule has 11 nitrogen and oxygen atoms in total. The molecule has 0 radical (unpaired) electrons. The molecule has 3 aliphatic heterocycles. The fourth-order valence-corrected chi connectivity index (χ4v) is 9.02. The summed E-state index contributed by atoms with van der Waals surface area (Å²) < 4.78 is 43.4. The number of likely N-dealkylation sites (tertiary alicyclic amines) is 1. The lowest BCUT2D eigenvalue weighted by Crippen LogP contribution is -2.48. The largest absolute Gasteiger partial charge is 0.494 e. The molecule has 70 heavy (non-hydrogen) atoms. The first-order chi connectivity index (χ1) is 34.0. The van der Waals surface area contributed by atoms with Crippen molar-refractivity contribution >= 4 is 62.3 Å². The number of anilines is 2. The zero-order chi connectivity index (χ0) is 49.3. The number of carbonyl (C=O) groups excluding carboxylic acids is 2. The number of amides is 2. The second kappa shape index (κ2) is 25.4. The summed E-state index contributed by atoms with van der Waals surface area (Å²) in [6.45, 7) is 11.3. The third-order valence-electron chi connectivity index (χ3n) is 12.7. The SMILES string of the molecule is O=C(O)C(F)(F)F.O=C(c1cccc2ccccc12)N1CCN(c2ccc(OCCCCl)cc2)CC1.O=C(c1cccc2ccccc12)N1CCN(c2ccc(OCCCN3CCCCC3)cc2)CC1. The molecule has 3 aliphatic rings. The zero-order valence-corrected chi connectivity index (χ0v) is 40.1. The summed E-state index contributed by atoms with van der Waals surface area (Å²) in [4.78, 5) is 46.4. The molecule has 3 fully saturated rings. The zero-order valence-electron chi connectivity index (χ0n) is 39.4. The van der Waals surface area contributed by atoms with Gasteiger partial charge in [-0.3, -0.25) is 9.59 Å². The molecule has 370 valence electrons. The predicted octanol–water partition coefficient (Wildman–Crippen LogP) is 10.5. The van der Waals surface area contributed by atoms with Crippen molar-refractivity contribution < 1.29 is 42.1 Å². The number of piperidine rings is 1. The smallest absolute Gasteiger partial charge is 0.490 e. The number of hydrogen-bond donors (Lipinski definition) is 1. The number of carboxylic acid groups (broad SMARTS) is 1. The molecule has 2 amide bonds. The quantitative estimate of drug-likeness (QED) is 0.0894. The summed E-state index contributed by atoms with van der Waals surface area (Å²) in [6, 6.07) is 44.7. The average molecular weight is 981 g/mol. The molecule has 6 aromatic carbocycles. The van der Waals surface area contributed by atoms with Crippen molar-refractivity contribution in [1.82, 2.24) is 14.7 Å². The van der Waals surface area contributed by atoms with Gasteiger partial charge in [0.25, 0.3) is 11.8 Å². The number of fused-ring (bicyclic) bond motifs is 2. The topological polar surface area (TPSA) is 106 Å². The van der Waals surface area contributed by atoms with Gasteiger partial charge in [0.15, 0.2) is 0 Å². The van der Waals surface area contributed by atoms with Gasteiger partial charge in [0.2, 0.25) is 0 Å². The molecule has 0 bridgehead atoms. The molecule has 15 heteroatoms. The molecular formula is C55H61ClF3N5O6. The van der Waals surface area contributed by atoms with Gasteiger partial charge in [-0.05, 0) is 121 Å². The second-order valence-corrected chi connectivity index (χ2v) is 17.8. The van der Waals surface area contributed by atoms with Gasteiger partial charge < -0.3 is 39.1 Å². The minimum Gasteiger partial charge on any atom is -0.494 e. The lowest BCUT2D eigenvalue weighted by atomic mass is 10.0. The van der Waals surface area contributed by atoms with Crippen LogP contribution in [0.15, 0.2) is 133 Å². The van der Waals surface area contributed by atoms with Crippen molar-refractivity contribution in [3.05, 3.63) is 145 Å². The van der Waals surface area contributed by atoms with E-state index in [1.54, 1.807) is 0 Å². The van der Waals surface area contributed by atoms with Crippen LogP contribution in [0.2, 0.25) is 0 Å². The monoisotopic (exact) mass is 979 g/mol. The molecule has 0 spiro atoms. The molecule has 6 aromatic rings. The summed E-state index contributed by atoms with van der Waals surface area (Å²) >= 11 is 5.68. The average Bonchev–Trinajstić information content (AvgIpc) is 3.40. The Bertz CT molecular complexity index is 2600. The van der Waals surface area contributed by atoms with Gasteiger partial charge in [0.1, 0.15) is 11.5 Å². The molecular weight excluding hydrogens is 919 g/mol. The normalized spacial score (nSPS) is 15.4. The predicted molar refractivity (Wildman–Crippen MR) is 272 cm³/mol. The van der Waals surface area contributed by atoms with E-state index in [9.17, 15) is 22.8 Å². The highest BCUT2D eigenvalue weighted by Gasteiger charge is 2.38.